The Balaban J connectivity index is 1.56. The number of carboxylic acids is 1. The van der Waals surface area contributed by atoms with Gasteiger partial charge in [-0.2, -0.15) is 0 Å². The van der Waals surface area contributed by atoms with Crippen molar-refractivity contribution < 1.29 is 43.5 Å². The molecule has 1 aromatic carbocycles. The molecule has 1 saturated heterocycles. The van der Waals surface area contributed by atoms with E-state index >= 15 is 0 Å². The number of methoxy groups -OCH3 is 1. The predicted octanol–water partition coefficient (Wildman–Crippen LogP) is 2.85. The topological polar surface area (TPSA) is 135 Å². The lowest BCUT2D eigenvalue weighted by molar-refractivity contribution is -0.157. The lowest BCUT2D eigenvalue weighted by Gasteiger charge is -2.41. The summed E-state index contributed by atoms with van der Waals surface area (Å²) in [5.41, 5.74) is 1.05. The van der Waals surface area contributed by atoms with Crippen LogP contribution < -0.4 is 9.47 Å². The summed E-state index contributed by atoms with van der Waals surface area (Å²) >= 11 is 0. The number of hydrogen-bond donors (Lipinski definition) is 2. The fourth-order valence-electron chi connectivity index (χ4n) is 5.24. The monoisotopic (exact) mass is 562 g/mol. The predicted molar refractivity (Wildman–Crippen MR) is 144 cm³/mol. The van der Waals surface area contributed by atoms with Gasteiger partial charge < -0.3 is 39.0 Å². The number of carboxylic acid groups (broad SMARTS) is 1. The van der Waals surface area contributed by atoms with Crippen molar-refractivity contribution in [2.24, 2.45) is 11.8 Å². The van der Waals surface area contributed by atoms with E-state index in [0.717, 1.165) is 54.7 Å². The number of likely N-dealkylation sites (tertiary alicyclic amines) is 1. The third-order valence-corrected chi connectivity index (χ3v) is 7.38. The Labute approximate surface area is 235 Å². The maximum Gasteiger partial charge on any atom is 0.410 e. The molecule has 1 aliphatic carbocycles. The van der Waals surface area contributed by atoms with E-state index in [1.807, 2.05) is 12.1 Å². The highest BCUT2D eigenvalue weighted by Gasteiger charge is 2.48. The van der Waals surface area contributed by atoms with Crippen molar-refractivity contribution in [1.29, 1.82) is 0 Å². The molecule has 2 amide bonds. The van der Waals surface area contributed by atoms with Crippen molar-refractivity contribution >= 4 is 18.0 Å². The molecule has 2 fully saturated rings. The highest BCUT2D eigenvalue weighted by atomic mass is 16.6. The second-order valence-electron chi connectivity index (χ2n) is 11.8. The zero-order valence-corrected chi connectivity index (χ0v) is 23.9. The van der Waals surface area contributed by atoms with Crippen molar-refractivity contribution in [3.63, 3.8) is 0 Å². The van der Waals surface area contributed by atoms with Crippen LogP contribution >= 0.6 is 0 Å². The molecule has 222 valence electrons. The number of aliphatic hydroxyl groups excluding tert-OH is 1. The summed E-state index contributed by atoms with van der Waals surface area (Å²) in [6, 6.07) is 3.85. The standard InChI is InChI=1S/C29H42N2O9/c1-29(2,3)40-28(36)30-16-21(25(32)22(17-30)27(34)35)26(33)31(19-8-9-19)15-18-13-23-20(7-5-11-38-23)24(14-18)39-12-6-10-37-4/h13-14,19,21-22,25,32H,5-12,15-17H2,1-4H3,(H,34,35)/t21-,22+,25-/m0/s1. The minimum absolute atomic E-state index is 0.0251. The molecule has 0 bridgehead atoms. The van der Waals surface area contributed by atoms with Crippen LogP contribution in [0.5, 0.6) is 11.5 Å². The van der Waals surface area contributed by atoms with E-state index < -0.39 is 35.6 Å². The van der Waals surface area contributed by atoms with E-state index in [1.165, 1.54) is 4.90 Å². The van der Waals surface area contributed by atoms with Crippen LogP contribution in [0.1, 0.15) is 57.6 Å². The van der Waals surface area contributed by atoms with Crippen molar-refractivity contribution in [3.05, 3.63) is 23.3 Å². The molecule has 0 aromatic heterocycles. The number of amides is 2. The van der Waals surface area contributed by atoms with Crippen molar-refractivity contribution in [1.82, 2.24) is 9.80 Å². The Kier molecular flexibility index (Phi) is 9.45. The molecule has 1 aromatic rings. The Morgan fingerprint density at radius 2 is 1.85 bits per heavy atom. The zero-order chi connectivity index (χ0) is 29.0. The summed E-state index contributed by atoms with van der Waals surface area (Å²) in [5.74, 6) is -2.57. The van der Waals surface area contributed by atoms with E-state index in [2.05, 4.69) is 0 Å². The number of ether oxygens (including phenoxy) is 4. The molecule has 0 unspecified atom stereocenters. The number of aliphatic hydroxyl groups is 1. The molecule has 2 N–H and O–H groups in total. The first-order chi connectivity index (χ1) is 19.0. The molecule has 4 rings (SSSR count). The first-order valence-corrected chi connectivity index (χ1v) is 14.1. The molecular weight excluding hydrogens is 520 g/mol. The van der Waals surface area contributed by atoms with Gasteiger partial charge >= 0.3 is 12.1 Å². The SMILES string of the molecule is COCCCOc1cc(CN(C(=O)[C@H]2CN(C(=O)OC(C)(C)C)C[C@@H](C(=O)O)[C@H]2O)C2CC2)cc2c1CCCO2. The normalized spacial score (nSPS) is 22.6. The molecule has 3 aliphatic rings. The van der Waals surface area contributed by atoms with Crippen LogP contribution in [0, 0.1) is 11.8 Å². The van der Waals surface area contributed by atoms with Gasteiger partial charge in [-0.25, -0.2) is 4.79 Å². The van der Waals surface area contributed by atoms with Gasteiger partial charge in [0.25, 0.3) is 0 Å². The van der Waals surface area contributed by atoms with Crippen LogP contribution in [0.2, 0.25) is 0 Å². The summed E-state index contributed by atoms with van der Waals surface area (Å²) in [4.78, 5) is 41.7. The molecule has 3 atom stereocenters. The van der Waals surface area contributed by atoms with Gasteiger partial charge in [0.05, 0.1) is 25.2 Å². The van der Waals surface area contributed by atoms with Crippen LogP contribution in [0.25, 0.3) is 0 Å². The van der Waals surface area contributed by atoms with Crippen LogP contribution in [-0.4, -0.2) is 95.7 Å². The van der Waals surface area contributed by atoms with Gasteiger partial charge in [0.15, 0.2) is 0 Å². The van der Waals surface area contributed by atoms with Crippen LogP contribution in [0.15, 0.2) is 12.1 Å². The highest BCUT2D eigenvalue weighted by Crippen LogP contribution is 2.38. The maximum atomic E-state index is 14.0. The largest absolute Gasteiger partial charge is 0.493 e. The summed E-state index contributed by atoms with van der Waals surface area (Å²) in [7, 11) is 1.65. The smallest absolute Gasteiger partial charge is 0.410 e. The third-order valence-electron chi connectivity index (χ3n) is 7.38. The van der Waals surface area contributed by atoms with Gasteiger partial charge in [0.1, 0.15) is 23.0 Å². The van der Waals surface area contributed by atoms with Crippen molar-refractivity contribution in [2.45, 2.75) is 77.2 Å². The second-order valence-corrected chi connectivity index (χ2v) is 11.8. The van der Waals surface area contributed by atoms with E-state index in [0.29, 0.717) is 19.8 Å². The molecule has 1 saturated carbocycles. The number of aliphatic carboxylic acids is 1. The fraction of sp³-hybridized carbons (Fsp3) is 0.690. The summed E-state index contributed by atoms with van der Waals surface area (Å²) in [6.45, 7) is 6.73. The Morgan fingerprint density at radius 1 is 1.12 bits per heavy atom. The lowest BCUT2D eigenvalue weighted by atomic mass is 9.85. The second kappa shape index (κ2) is 12.6. The number of carbonyl (C=O) groups excluding carboxylic acids is 2. The summed E-state index contributed by atoms with van der Waals surface area (Å²) in [5, 5.41) is 20.8. The molecule has 11 heteroatoms. The number of nitrogens with zero attached hydrogens (tertiary/aromatic N) is 2. The fourth-order valence-corrected chi connectivity index (χ4v) is 5.24. The van der Waals surface area contributed by atoms with Gasteiger partial charge in [-0.3, -0.25) is 9.59 Å². The van der Waals surface area contributed by atoms with Crippen molar-refractivity contribution in [2.75, 3.05) is 40.0 Å². The summed E-state index contributed by atoms with van der Waals surface area (Å²) < 4.78 is 22.6. The lowest BCUT2D eigenvalue weighted by Crippen LogP contribution is -2.58. The van der Waals surface area contributed by atoms with Gasteiger partial charge in [-0.15, -0.1) is 0 Å². The van der Waals surface area contributed by atoms with Crippen LogP contribution in [0.3, 0.4) is 0 Å². The van der Waals surface area contributed by atoms with E-state index in [9.17, 15) is 24.6 Å². The maximum absolute atomic E-state index is 14.0. The summed E-state index contributed by atoms with van der Waals surface area (Å²) in [6.07, 6.45) is 1.96. The van der Waals surface area contributed by atoms with E-state index in [4.69, 9.17) is 18.9 Å². The van der Waals surface area contributed by atoms with Crippen molar-refractivity contribution in [3.8, 4) is 11.5 Å². The number of hydrogen-bond acceptors (Lipinski definition) is 8. The molecule has 0 radical (unpaired) electrons. The number of benzene rings is 1. The molecule has 2 heterocycles. The molecular formula is C29H42N2O9. The van der Waals surface area contributed by atoms with E-state index in [-0.39, 0.29) is 31.6 Å². The highest BCUT2D eigenvalue weighted by molar-refractivity contribution is 5.83. The van der Waals surface area contributed by atoms with Crippen LogP contribution in [0.4, 0.5) is 4.79 Å². The minimum atomic E-state index is -1.43. The molecule has 0 spiro atoms. The average Bonchev–Trinajstić information content (AvgIpc) is 3.73. The quantitative estimate of drug-likeness (QED) is 0.413. The third kappa shape index (κ3) is 7.37. The number of rotatable bonds is 10. The molecule has 40 heavy (non-hydrogen) atoms. The number of fused-ring (bicyclic) bond motifs is 1. The Morgan fingerprint density at radius 3 is 2.50 bits per heavy atom. The van der Waals surface area contributed by atoms with Gasteiger partial charge in [-0.05, 0) is 64.2 Å². The van der Waals surface area contributed by atoms with Crippen LogP contribution in [-0.2, 0) is 32.0 Å². The Bertz CT molecular complexity index is 1080. The first kappa shape index (κ1) is 29.9. The van der Waals surface area contributed by atoms with Gasteiger partial charge in [0, 0.05) is 51.4 Å². The number of carbonyl (C=O) groups is 3. The first-order valence-electron chi connectivity index (χ1n) is 14.1. The zero-order valence-electron chi connectivity index (χ0n) is 23.9. The van der Waals surface area contributed by atoms with E-state index in [1.54, 1.807) is 32.8 Å². The average molecular weight is 563 g/mol. The molecule has 2 aliphatic heterocycles. The van der Waals surface area contributed by atoms with Gasteiger partial charge in [0.2, 0.25) is 5.91 Å². The van der Waals surface area contributed by atoms with Gasteiger partial charge in [-0.1, -0.05) is 0 Å². The Hall–Kier alpha value is -3.05. The number of piperidine rings is 1. The minimum Gasteiger partial charge on any atom is -0.493 e. The molecule has 11 nitrogen and oxygen atoms in total.